The van der Waals surface area contributed by atoms with E-state index in [0.717, 1.165) is 12.8 Å². The van der Waals surface area contributed by atoms with Gasteiger partial charge in [-0.2, -0.15) is 4.98 Å². The van der Waals surface area contributed by atoms with Gasteiger partial charge in [-0.15, -0.1) is 5.10 Å². The zero-order valence-corrected chi connectivity index (χ0v) is 8.42. The summed E-state index contributed by atoms with van der Waals surface area (Å²) in [5, 5.41) is 5.66. The summed E-state index contributed by atoms with van der Waals surface area (Å²) >= 11 is 0. The second kappa shape index (κ2) is 3.23. The molecule has 14 heavy (non-hydrogen) atoms. The normalized spacial score (nSPS) is 26.1. The summed E-state index contributed by atoms with van der Waals surface area (Å²) in [6.07, 6.45) is 2.25. The predicted molar refractivity (Wildman–Crippen MR) is 51.2 cm³/mol. The largest absolute Gasteiger partial charge is 0.367 e. The summed E-state index contributed by atoms with van der Waals surface area (Å²) in [6.45, 7) is 0. The van der Waals surface area contributed by atoms with Crippen LogP contribution in [0.5, 0.6) is 0 Å². The van der Waals surface area contributed by atoms with Crippen molar-refractivity contribution in [1.29, 1.82) is 0 Å². The van der Waals surface area contributed by atoms with Crippen LogP contribution in [0.1, 0.15) is 30.3 Å². The topological polar surface area (TPSA) is 102 Å². The van der Waals surface area contributed by atoms with Crippen LogP contribution in [0.25, 0.3) is 0 Å². The lowest BCUT2D eigenvalue weighted by Crippen LogP contribution is -2.22. The fourth-order valence-corrected chi connectivity index (χ4v) is 3.56. The lowest BCUT2D eigenvalue weighted by atomic mass is 10.2. The first kappa shape index (κ1) is 9.45. The number of rotatable bonds is 1. The number of hydrogen-bond acceptors (Lipinski definition) is 5. The molecule has 78 valence electrons. The molecule has 0 radical (unpaired) electrons. The molecule has 1 aromatic heterocycles. The molecule has 1 atom stereocenters. The molecule has 0 bridgehead atoms. The molecule has 2 rings (SSSR count). The van der Waals surface area contributed by atoms with Crippen LogP contribution in [0.15, 0.2) is 0 Å². The number of aromatic nitrogens is 3. The lowest BCUT2D eigenvalue weighted by molar-refractivity contribution is 0.539. The Kier molecular flexibility index (Phi) is 2.18. The van der Waals surface area contributed by atoms with Crippen LogP contribution in [0, 0.1) is 0 Å². The van der Waals surface area contributed by atoms with Crippen molar-refractivity contribution < 1.29 is 8.42 Å². The smallest absolute Gasteiger partial charge is 0.239 e. The minimum atomic E-state index is -3.05. The second-order valence-corrected chi connectivity index (χ2v) is 5.73. The van der Waals surface area contributed by atoms with Gasteiger partial charge in [0.15, 0.2) is 9.84 Å². The standard InChI is InChI=1S/C7H12N4O2S/c8-7-9-6(10-11-7)5-3-1-2-4-14(5,12)13/h5H,1-4H2,(H3,8,9,10,11). The Morgan fingerprint density at radius 1 is 1.43 bits per heavy atom. The highest BCUT2D eigenvalue weighted by molar-refractivity contribution is 7.91. The van der Waals surface area contributed by atoms with Gasteiger partial charge in [0.25, 0.3) is 0 Å². The Bertz CT molecular complexity index is 425. The Morgan fingerprint density at radius 3 is 2.79 bits per heavy atom. The average Bonchev–Trinajstić information content (AvgIpc) is 2.51. The molecule has 0 aromatic carbocycles. The minimum Gasteiger partial charge on any atom is -0.367 e. The molecule has 0 spiro atoms. The summed E-state index contributed by atoms with van der Waals surface area (Å²) in [5.41, 5.74) is 5.33. The van der Waals surface area contributed by atoms with Crippen molar-refractivity contribution in [3.05, 3.63) is 5.82 Å². The third kappa shape index (κ3) is 1.59. The van der Waals surface area contributed by atoms with Gasteiger partial charge >= 0.3 is 0 Å². The van der Waals surface area contributed by atoms with Crippen LogP contribution in [-0.2, 0) is 9.84 Å². The van der Waals surface area contributed by atoms with Gasteiger partial charge in [0.2, 0.25) is 5.95 Å². The van der Waals surface area contributed by atoms with Crippen LogP contribution in [-0.4, -0.2) is 29.4 Å². The molecule has 1 aromatic rings. The quantitative estimate of drug-likeness (QED) is 0.689. The first-order valence-electron chi connectivity index (χ1n) is 4.49. The fraction of sp³-hybridized carbons (Fsp3) is 0.714. The number of hydrogen-bond donors (Lipinski definition) is 2. The van der Waals surface area contributed by atoms with E-state index in [2.05, 4.69) is 15.2 Å². The molecule has 0 amide bonds. The summed E-state index contributed by atoms with van der Waals surface area (Å²) in [7, 11) is -3.05. The molecule has 7 heteroatoms. The number of sulfone groups is 1. The molecule has 0 aliphatic carbocycles. The number of aromatic amines is 1. The van der Waals surface area contributed by atoms with Crippen molar-refractivity contribution in [3.63, 3.8) is 0 Å². The highest BCUT2D eigenvalue weighted by atomic mass is 32.2. The zero-order valence-electron chi connectivity index (χ0n) is 7.60. The SMILES string of the molecule is Nc1n[nH]c(C2CCCCS2(=O)=O)n1. The number of nitrogens with two attached hydrogens (primary N) is 1. The van der Waals surface area contributed by atoms with Crippen molar-refractivity contribution in [2.45, 2.75) is 24.5 Å². The van der Waals surface area contributed by atoms with Crippen molar-refractivity contribution in [2.24, 2.45) is 0 Å². The van der Waals surface area contributed by atoms with E-state index < -0.39 is 15.1 Å². The Balaban J connectivity index is 2.33. The van der Waals surface area contributed by atoms with Gasteiger partial charge < -0.3 is 5.73 Å². The maximum absolute atomic E-state index is 11.7. The monoisotopic (exact) mass is 216 g/mol. The number of H-pyrrole nitrogens is 1. The molecule has 1 saturated heterocycles. The Hall–Kier alpha value is -1.11. The zero-order chi connectivity index (χ0) is 10.2. The molecule has 6 nitrogen and oxygen atoms in total. The Labute approximate surface area is 81.8 Å². The van der Waals surface area contributed by atoms with Crippen LogP contribution < -0.4 is 5.73 Å². The van der Waals surface area contributed by atoms with Crippen LogP contribution in [0.4, 0.5) is 5.95 Å². The first-order valence-corrected chi connectivity index (χ1v) is 6.20. The summed E-state index contributed by atoms with van der Waals surface area (Å²) in [6, 6.07) is 0. The Morgan fingerprint density at radius 2 is 2.21 bits per heavy atom. The van der Waals surface area contributed by atoms with E-state index in [-0.39, 0.29) is 11.7 Å². The van der Waals surface area contributed by atoms with Gasteiger partial charge in [-0.3, -0.25) is 5.10 Å². The molecule has 0 saturated carbocycles. The molecular formula is C7H12N4O2S. The van der Waals surface area contributed by atoms with E-state index in [1.165, 1.54) is 0 Å². The van der Waals surface area contributed by atoms with Crippen LogP contribution in [0.3, 0.4) is 0 Å². The van der Waals surface area contributed by atoms with Gasteiger partial charge in [-0.1, -0.05) is 6.42 Å². The molecule has 1 aliphatic rings. The van der Waals surface area contributed by atoms with E-state index in [1.807, 2.05) is 0 Å². The molecule has 3 N–H and O–H groups in total. The highest BCUT2D eigenvalue weighted by Crippen LogP contribution is 2.31. The van der Waals surface area contributed by atoms with E-state index in [1.54, 1.807) is 0 Å². The van der Waals surface area contributed by atoms with Gasteiger partial charge in [0.1, 0.15) is 11.1 Å². The lowest BCUT2D eigenvalue weighted by Gasteiger charge is -2.19. The van der Waals surface area contributed by atoms with E-state index in [0.29, 0.717) is 12.2 Å². The van der Waals surface area contributed by atoms with Crippen molar-refractivity contribution in [1.82, 2.24) is 15.2 Å². The average molecular weight is 216 g/mol. The van der Waals surface area contributed by atoms with Gasteiger partial charge in [0, 0.05) is 0 Å². The summed E-state index contributed by atoms with van der Waals surface area (Å²) in [4.78, 5) is 3.86. The van der Waals surface area contributed by atoms with Crippen molar-refractivity contribution >= 4 is 15.8 Å². The second-order valence-electron chi connectivity index (χ2n) is 3.43. The minimum absolute atomic E-state index is 0.0979. The van der Waals surface area contributed by atoms with Crippen LogP contribution in [0.2, 0.25) is 0 Å². The summed E-state index contributed by atoms with van der Waals surface area (Å²) in [5.74, 6) is 0.709. The van der Waals surface area contributed by atoms with Crippen LogP contribution >= 0.6 is 0 Å². The molecule has 1 aliphatic heterocycles. The third-order valence-corrected chi connectivity index (χ3v) is 4.59. The van der Waals surface area contributed by atoms with Gasteiger partial charge in [-0.25, -0.2) is 8.42 Å². The highest BCUT2D eigenvalue weighted by Gasteiger charge is 2.32. The van der Waals surface area contributed by atoms with E-state index >= 15 is 0 Å². The molecule has 1 fully saturated rings. The molecule has 1 unspecified atom stereocenters. The number of nitrogens with one attached hydrogen (secondary N) is 1. The van der Waals surface area contributed by atoms with Gasteiger partial charge in [0.05, 0.1) is 5.75 Å². The predicted octanol–water partition coefficient (Wildman–Crippen LogP) is 0.0267. The fourth-order valence-electron chi connectivity index (χ4n) is 1.69. The van der Waals surface area contributed by atoms with Crippen molar-refractivity contribution in [3.8, 4) is 0 Å². The van der Waals surface area contributed by atoms with Crippen molar-refractivity contribution in [2.75, 3.05) is 11.5 Å². The maximum atomic E-state index is 11.7. The maximum Gasteiger partial charge on any atom is 0.239 e. The first-order chi connectivity index (χ1) is 6.59. The number of anilines is 1. The summed E-state index contributed by atoms with van der Waals surface area (Å²) < 4.78 is 23.3. The molecular weight excluding hydrogens is 204 g/mol. The number of nitrogen functional groups attached to an aromatic ring is 1. The van der Waals surface area contributed by atoms with E-state index in [4.69, 9.17) is 5.73 Å². The van der Waals surface area contributed by atoms with E-state index in [9.17, 15) is 8.42 Å². The molecule has 2 heterocycles. The number of nitrogens with zero attached hydrogens (tertiary/aromatic N) is 2. The van der Waals surface area contributed by atoms with Gasteiger partial charge in [-0.05, 0) is 12.8 Å². The third-order valence-electron chi connectivity index (χ3n) is 2.40.